The van der Waals surface area contributed by atoms with E-state index in [1.165, 1.54) is 24.0 Å². The molecule has 0 fully saturated rings. The molecule has 0 atom stereocenters. The SMILES string of the molecule is CCNc1cc(Sc2nccc(=O)[nH]2)nc(C)n1. The Kier molecular flexibility index (Phi) is 3.93. The fourth-order valence-corrected chi connectivity index (χ4v) is 2.18. The third-order valence-electron chi connectivity index (χ3n) is 2.02. The first kappa shape index (κ1) is 12.6. The van der Waals surface area contributed by atoms with Crippen molar-refractivity contribution >= 4 is 17.6 Å². The fraction of sp³-hybridized carbons (Fsp3) is 0.273. The number of rotatable bonds is 4. The molecule has 2 rings (SSSR count). The number of aromatic amines is 1. The molecule has 7 heteroatoms. The lowest BCUT2D eigenvalue weighted by Crippen LogP contribution is -2.06. The van der Waals surface area contributed by atoms with Crippen LogP contribution in [-0.2, 0) is 0 Å². The Morgan fingerprint density at radius 2 is 2.28 bits per heavy atom. The van der Waals surface area contributed by atoms with Crippen LogP contribution in [0.2, 0.25) is 0 Å². The number of hydrogen-bond donors (Lipinski definition) is 2. The Labute approximate surface area is 108 Å². The van der Waals surface area contributed by atoms with Gasteiger partial charge < -0.3 is 10.3 Å². The number of aromatic nitrogens is 4. The van der Waals surface area contributed by atoms with Crippen LogP contribution < -0.4 is 10.9 Å². The zero-order chi connectivity index (χ0) is 13.0. The van der Waals surface area contributed by atoms with Crippen LogP contribution in [0.15, 0.2) is 33.3 Å². The number of aryl methyl sites for hydroxylation is 1. The maximum absolute atomic E-state index is 11.2. The quantitative estimate of drug-likeness (QED) is 0.641. The molecule has 94 valence electrons. The summed E-state index contributed by atoms with van der Waals surface area (Å²) >= 11 is 1.30. The summed E-state index contributed by atoms with van der Waals surface area (Å²) in [5.41, 5.74) is -0.176. The average Bonchev–Trinajstić information content (AvgIpc) is 2.28. The topological polar surface area (TPSA) is 83.6 Å². The minimum absolute atomic E-state index is 0.176. The average molecular weight is 263 g/mol. The predicted molar refractivity (Wildman–Crippen MR) is 69.9 cm³/mol. The molecule has 0 unspecified atom stereocenters. The summed E-state index contributed by atoms with van der Waals surface area (Å²) in [6.07, 6.45) is 1.47. The molecule has 0 aliphatic carbocycles. The summed E-state index contributed by atoms with van der Waals surface area (Å²) in [7, 11) is 0. The first-order valence-electron chi connectivity index (χ1n) is 5.50. The van der Waals surface area contributed by atoms with E-state index in [4.69, 9.17) is 0 Å². The molecule has 0 saturated heterocycles. The monoisotopic (exact) mass is 263 g/mol. The van der Waals surface area contributed by atoms with Gasteiger partial charge in [-0.2, -0.15) is 0 Å². The van der Waals surface area contributed by atoms with E-state index >= 15 is 0 Å². The molecule has 2 aromatic rings. The highest BCUT2D eigenvalue weighted by molar-refractivity contribution is 7.99. The smallest absolute Gasteiger partial charge is 0.251 e. The summed E-state index contributed by atoms with van der Waals surface area (Å²) in [6.45, 7) is 4.62. The van der Waals surface area contributed by atoms with Crippen LogP contribution in [0.5, 0.6) is 0 Å². The zero-order valence-electron chi connectivity index (χ0n) is 10.1. The van der Waals surface area contributed by atoms with Gasteiger partial charge in [-0.05, 0) is 25.6 Å². The Morgan fingerprint density at radius 3 is 3.00 bits per heavy atom. The third kappa shape index (κ3) is 3.30. The highest BCUT2D eigenvalue weighted by Gasteiger charge is 2.05. The van der Waals surface area contributed by atoms with Crippen LogP contribution >= 0.6 is 11.8 Å². The zero-order valence-corrected chi connectivity index (χ0v) is 10.9. The second-order valence-corrected chi connectivity index (χ2v) is 4.52. The van der Waals surface area contributed by atoms with Crippen molar-refractivity contribution in [3.8, 4) is 0 Å². The van der Waals surface area contributed by atoms with Gasteiger partial charge in [-0.1, -0.05) is 0 Å². The van der Waals surface area contributed by atoms with E-state index < -0.39 is 0 Å². The molecular formula is C11H13N5OS. The molecule has 2 aromatic heterocycles. The van der Waals surface area contributed by atoms with E-state index in [0.29, 0.717) is 11.0 Å². The third-order valence-corrected chi connectivity index (χ3v) is 2.84. The van der Waals surface area contributed by atoms with Crippen LogP contribution in [0.3, 0.4) is 0 Å². The van der Waals surface area contributed by atoms with E-state index in [9.17, 15) is 4.79 Å². The Morgan fingerprint density at radius 1 is 1.44 bits per heavy atom. The number of nitrogens with one attached hydrogen (secondary N) is 2. The Balaban J connectivity index is 2.25. The van der Waals surface area contributed by atoms with Crippen molar-refractivity contribution in [1.29, 1.82) is 0 Å². The van der Waals surface area contributed by atoms with Crippen molar-refractivity contribution in [2.24, 2.45) is 0 Å². The van der Waals surface area contributed by atoms with Gasteiger partial charge in [-0.3, -0.25) is 4.79 Å². The van der Waals surface area contributed by atoms with E-state index in [-0.39, 0.29) is 5.56 Å². The molecule has 6 nitrogen and oxygen atoms in total. The second kappa shape index (κ2) is 5.63. The molecule has 18 heavy (non-hydrogen) atoms. The molecule has 0 aliphatic heterocycles. The summed E-state index contributed by atoms with van der Waals surface area (Å²) < 4.78 is 0. The highest BCUT2D eigenvalue weighted by atomic mass is 32.2. The van der Waals surface area contributed by atoms with E-state index in [0.717, 1.165) is 17.4 Å². The van der Waals surface area contributed by atoms with Gasteiger partial charge >= 0.3 is 0 Å². The normalized spacial score (nSPS) is 10.3. The van der Waals surface area contributed by atoms with Crippen molar-refractivity contribution in [1.82, 2.24) is 19.9 Å². The number of anilines is 1. The molecular weight excluding hydrogens is 250 g/mol. The lowest BCUT2D eigenvalue weighted by molar-refractivity contribution is 0.918. The molecule has 0 spiro atoms. The van der Waals surface area contributed by atoms with Crippen molar-refractivity contribution in [2.45, 2.75) is 24.0 Å². The van der Waals surface area contributed by atoms with Gasteiger partial charge in [0.15, 0.2) is 5.16 Å². The van der Waals surface area contributed by atoms with Gasteiger partial charge in [0.05, 0.1) is 0 Å². The maximum Gasteiger partial charge on any atom is 0.251 e. The number of hydrogen-bond acceptors (Lipinski definition) is 6. The van der Waals surface area contributed by atoms with Crippen LogP contribution in [0, 0.1) is 6.92 Å². The van der Waals surface area contributed by atoms with E-state index in [1.807, 2.05) is 19.9 Å². The summed E-state index contributed by atoms with van der Waals surface area (Å²) in [5, 5.41) is 4.39. The van der Waals surface area contributed by atoms with Crippen molar-refractivity contribution in [3.63, 3.8) is 0 Å². The predicted octanol–water partition coefficient (Wildman–Crippen LogP) is 1.45. The van der Waals surface area contributed by atoms with Gasteiger partial charge in [-0.15, -0.1) is 0 Å². The van der Waals surface area contributed by atoms with Crippen molar-refractivity contribution in [3.05, 3.63) is 34.5 Å². The van der Waals surface area contributed by atoms with E-state index in [2.05, 4.69) is 25.3 Å². The molecule has 0 amide bonds. The lowest BCUT2D eigenvalue weighted by Gasteiger charge is -2.05. The molecule has 0 bridgehead atoms. The standard InChI is InChI=1S/C11H13N5OS/c1-3-12-8-6-10(15-7(2)14-8)18-11-13-5-4-9(17)16-11/h4-6H,3H2,1-2H3,(H,12,14,15)(H,13,16,17). The first-order chi connectivity index (χ1) is 8.67. The van der Waals surface area contributed by atoms with Gasteiger partial charge in [0.2, 0.25) is 0 Å². The molecule has 0 aromatic carbocycles. The van der Waals surface area contributed by atoms with Crippen LogP contribution in [0.4, 0.5) is 5.82 Å². The molecule has 0 radical (unpaired) electrons. The molecule has 0 aliphatic rings. The highest BCUT2D eigenvalue weighted by Crippen LogP contribution is 2.23. The van der Waals surface area contributed by atoms with Crippen molar-refractivity contribution in [2.75, 3.05) is 11.9 Å². The van der Waals surface area contributed by atoms with E-state index in [1.54, 1.807) is 0 Å². The number of nitrogens with zero attached hydrogens (tertiary/aromatic N) is 3. The van der Waals surface area contributed by atoms with Crippen LogP contribution in [0.25, 0.3) is 0 Å². The summed E-state index contributed by atoms with van der Waals surface area (Å²) in [5.74, 6) is 1.44. The fourth-order valence-electron chi connectivity index (χ4n) is 1.37. The summed E-state index contributed by atoms with van der Waals surface area (Å²) in [6, 6.07) is 3.20. The summed E-state index contributed by atoms with van der Waals surface area (Å²) in [4.78, 5) is 26.4. The largest absolute Gasteiger partial charge is 0.370 e. The van der Waals surface area contributed by atoms with Gasteiger partial charge in [0.1, 0.15) is 16.7 Å². The molecule has 0 saturated carbocycles. The Hall–Kier alpha value is -1.89. The van der Waals surface area contributed by atoms with Gasteiger partial charge in [0.25, 0.3) is 5.56 Å². The maximum atomic E-state index is 11.2. The molecule has 2 N–H and O–H groups in total. The lowest BCUT2D eigenvalue weighted by atomic mass is 10.5. The molecule has 2 heterocycles. The second-order valence-electron chi connectivity index (χ2n) is 3.51. The van der Waals surface area contributed by atoms with Crippen LogP contribution in [-0.4, -0.2) is 26.5 Å². The first-order valence-corrected chi connectivity index (χ1v) is 6.32. The van der Waals surface area contributed by atoms with Crippen molar-refractivity contribution < 1.29 is 0 Å². The van der Waals surface area contributed by atoms with Gasteiger partial charge in [-0.25, -0.2) is 15.0 Å². The Bertz CT molecular complexity index is 598. The minimum atomic E-state index is -0.176. The minimum Gasteiger partial charge on any atom is -0.370 e. The van der Waals surface area contributed by atoms with Gasteiger partial charge in [0, 0.05) is 24.9 Å². The number of H-pyrrole nitrogens is 1. The van der Waals surface area contributed by atoms with Crippen LogP contribution in [0.1, 0.15) is 12.7 Å².